The summed E-state index contributed by atoms with van der Waals surface area (Å²) in [4.78, 5) is 23.7. The predicted octanol–water partition coefficient (Wildman–Crippen LogP) is 0.635. The second-order valence-electron chi connectivity index (χ2n) is 4.47. The number of aromatic nitrogens is 2. The van der Waals surface area contributed by atoms with Crippen molar-refractivity contribution in [1.82, 2.24) is 20.0 Å². The fourth-order valence-corrected chi connectivity index (χ4v) is 1.58. The lowest BCUT2D eigenvalue weighted by molar-refractivity contribution is -0.141. The van der Waals surface area contributed by atoms with Crippen LogP contribution in [0, 0.1) is 5.92 Å². The van der Waals surface area contributed by atoms with Crippen LogP contribution in [0.3, 0.4) is 0 Å². The molecule has 7 heteroatoms. The van der Waals surface area contributed by atoms with E-state index in [2.05, 4.69) is 10.4 Å². The molecule has 0 aliphatic heterocycles. The Morgan fingerprint density at radius 2 is 2.26 bits per heavy atom. The number of nitrogens with zero attached hydrogens (tertiary/aromatic N) is 3. The number of carbonyl (C=O) groups excluding carboxylic acids is 1. The molecule has 106 valence electrons. The van der Waals surface area contributed by atoms with E-state index in [9.17, 15) is 9.59 Å². The maximum absolute atomic E-state index is 11.7. The van der Waals surface area contributed by atoms with Gasteiger partial charge in [-0.1, -0.05) is 6.92 Å². The molecule has 1 aromatic rings. The molecule has 1 atom stereocenters. The van der Waals surface area contributed by atoms with Gasteiger partial charge in [-0.25, -0.2) is 4.79 Å². The number of hydrogen-bond donors (Lipinski definition) is 2. The van der Waals surface area contributed by atoms with Gasteiger partial charge in [-0.3, -0.25) is 9.48 Å². The zero-order chi connectivity index (χ0) is 14.3. The first-order valence-corrected chi connectivity index (χ1v) is 6.20. The monoisotopic (exact) mass is 268 g/mol. The molecular weight excluding hydrogens is 248 g/mol. The van der Waals surface area contributed by atoms with Crippen molar-refractivity contribution < 1.29 is 14.7 Å². The highest BCUT2D eigenvalue weighted by molar-refractivity contribution is 5.75. The van der Waals surface area contributed by atoms with Crippen LogP contribution in [0.5, 0.6) is 0 Å². The number of carboxylic acid groups (broad SMARTS) is 1. The van der Waals surface area contributed by atoms with Crippen molar-refractivity contribution >= 4 is 12.0 Å². The molecule has 0 saturated carbocycles. The van der Waals surface area contributed by atoms with E-state index >= 15 is 0 Å². The van der Waals surface area contributed by atoms with Crippen LogP contribution in [0.25, 0.3) is 0 Å². The lowest BCUT2D eigenvalue weighted by Gasteiger charge is -2.19. The van der Waals surface area contributed by atoms with Gasteiger partial charge in [0.2, 0.25) is 0 Å². The summed E-state index contributed by atoms with van der Waals surface area (Å²) in [6, 6.07) is 1.59. The topological polar surface area (TPSA) is 87.5 Å². The quantitative estimate of drug-likeness (QED) is 0.710. The van der Waals surface area contributed by atoms with Crippen LogP contribution in [-0.4, -0.2) is 51.9 Å². The average Bonchev–Trinajstić information content (AvgIpc) is 2.87. The van der Waals surface area contributed by atoms with Gasteiger partial charge in [-0.05, 0) is 12.5 Å². The third-order valence-electron chi connectivity index (χ3n) is 2.72. The Hall–Kier alpha value is -2.05. The minimum absolute atomic E-state index is 0.195. The molecule has 1 rings (SSSR count). The summed E-state index contributed by atoms with van der Waals surface area (Å²) in [5, 5.41) is 15.6. The highest BCUT2D eigenvalue weighted by Crippen LogP contribution is 1.98. The van der Waals surface area contributed by atoms with Gasteiger partial charge in [0.15, 0.2) is 0 Å². The van der Waals surface area contributed by atoms with Gasteiger partial charge < -0.3 is 15.3 Å². The van der Waals surface area contributed by atoms with Crippen molar-refractivity contribution in [1.29, 1.82) is 0 Å². The summed E-state index contributed by atoms with van der Waals surface area (Å²) in [5.74, 6) is -1.47. The Labute approximate surface area is 112 Å². The fraction of sp³-hybridized carbons (Fsp3) is 0.583. The van der Waals surface area contributed by atoms with Crippen molar-refractivity contribution in [3.05, 3.63) is 18.5 Å². The van der Waals surface area contributed by atoms with E-state index in [1.54, 1.807) is 24.9 Å². The molecule has 0 bridgehead atoms. The molecule has 0 saturated heterocycles. The smallest absolute Gasteiger partial charge is 0.317 e. The van der Waals surface area contributed by atoms with Crippen molar-refractivity contribution in [3.8, 4) is 0 Å². The number of carbonyl (C=O) groups is 2. The second kappa shape index (κ2) is 7.40. The molecule has 0 aliphatic carbocycles. The number of nitrogens with one attached hydrogen (secondary N) is 1. The molecule has 7 nitrogen and oxygen atoms in total. The summed E-state index contributed by atoms with van der Waals surface area (Å²) >= 11 is 0. The van der Waals surface area contributed by atoms with E-state index < -0.39 is 11.9 Å². The van der Waals surface area contributed by atoms with Crippen LogP contribution in [0.4, 0.5) is 4.79 Å². The van der Waals surface area contributed by atoms with Crippen LogP contribution >= 0.6 is 0 Å². The van der Waals surface area contributed by atoms with Gasteiger partial charge in [0.1, 0.15) is 0 Å². The van der Waals surface area contributed by atoms with E-state index in [4.69, 9.17) is 5.11 Å². The third-order valence-corrected chi connectivity index (χ3v) is 2.72. The average molecular weight is 268 g/mol. The second-order valence-corrected chi connectivity index (χ2v) is 4.47. The summed E-state index contributed by atoms with van der Waals surface area (Å²) in [6.07, 6.45) is 4.35. The lowest BCUT2D eigenvalue weighted by Crippen LogP contribution is -2.41. The van der Waals surface area contributed by atoms with E-state index in [-0.39, 0.29) is 12.6 Å². The van der Waals surface area contributed by atoms with Gasteiger partial charge in [0.25, 0.3) is 0 Å². The minimum Gasteiger partial charge on any atom is -0.481 e. The summed E-state index contributed by atoms with van der Waals surface area (Å²) in [6.45, 7) is 3.04. The van der Waals surface area contributed by atoms with Gasteiger partial charge in [-0.2, -0.15) is 5.10 Å². The molecule has 19 heavy (non-hydrogen) atoms. The standard InChI is InChI=1S/C12H20N4O3/c1-10(11(17)18)9-15(2)12(19)13-5-3-7-16-8-4-6-14-16/h4,6,8,10H,3,5,7,9H2,1-2H3,(H,13,19)(H,17,18). The van der Waals surface area contributed by atoms with E-state index in [0.717, 1.165) is 13.0 Å². The highest BCUT2D eigenvalue weighted by Gasteiger charge is 2.16. The number of amides is 2. The number of rotatable bonds is 7. The molecule has 1 aromatic heterocycles. The number of urea groups is 1. The first-order valence-electron chi connectivity index (χ1n) is 6.20. The van der Waals surface area contributed by atoms with E-state index in [1.807, 2.05) is 12.3 Å². The number of aliphatic carboxylic acids is 1. The highest BCUT2D eigenvalue weighted by atomic mass is 16.4. The molecule has 2 amide bonds. The van der Waals surface area contributed by atoms with Gasteiger partial charge in [0, 0.05) is 39.1 Å². The zero-order valence-electron chi connectivity index (χ0n) is 11.2. The maximum Gasteiger partial charge on any atom is 0.317 e. The fourth-order valence-electron chi connectivity index (χ4n) is 1.58. The molecule has 0 spiro atoms. The third kappa shape index (κ3) is 5.41. The lowest BCUT2D eigenvalue weighted by atomic mass is 10.2. The number of hydrogen-bond acceptors (Lipinski definition) is 3. The number of aryl methyl sites for hydroxylation is 1. The van der Waals surface area contributed by atoms with Gasteiger partial charge in [0.05, 0.1) is 5.92 Å². The first-order chi connectivity index (χ1) is 9.00. The van der Waals surface area contributed by atoms with Crippen LogP contribution in [-0.2, 0) is 11.3 Å². The molecule has 1 unspecified atom stereocenters. The first kappa shape index (κ1) is 15.0. The predicted molar refractivity (Wildman–Crippen MR) is 69.7 cm³/mol. The van der Waals surface area contributed by atoms with Crippen LogP contribution in [0.2, 0.25) is 0 Å². The van der Waals surface area contributed by atoms with Crippen molar-refractivity contribution in [2.45, 2.75) is 19.9 Å². The van der Waals surface area contributed by atoms with E-state index in [0.29, 0.717) is 6.54 Å². The Bertz CT molecular complexity index is 405. The summed E-state index contributed by atoms with van der Waals surface area (Å²) in [7, 11) is 1.59. The Morgan fingerprint density at radius 3 is 2.84 bits per heavy atom. The van der Waals surface area contributed by atoms with Crippen LogP contribution in [0.1, 0.15) is 13.3 Å². The molecule has 1 heterocycles. The molecule has 0 radical (unpaired) electrons. The van der Waals surface area contributed by atoms with Crippen molar-refractivity contribution in [3.63, 3.8) is 0 Å². The summed E-state index contributed by atoms with van der Waals surface area (Å²) < 4.78 is 1.79. The Kier molecular flexibility index (Phi) is 5.84. The van der Waals surface area contributed by atoms with E-state index in [1.165, 1.54) is 4.90 Å². The van der Waals surface area contributed by atoms with Gasteiger partial charge >= 0.3 is 12.0 Å². The van der Waals surface area contributed by atoms with Crippen molar-refractivity contribution in [2.24, 2.45) is 5.92 Å². The molecular formula is C12H20N4O3. The van der Waals surface area contributed by atoms with Crippen LogP contribution < -0.4 is 5.32 Å². The largest absolute Gasteiger partial charge is 0.481 e. The molecule has 0 aromatic carbocycles. The molecule has 0 aliphatic rings. The van der Waals surface area contributed by atoms with Crippen LogP contribution in [0.15, 0.2) is 18.5 Å². The Balaban J connectivity index is 2.17. The normalized spacial score (nSPS) is 11.9. The number of carboxylic acids is 1. The summed E-state index contributed by atoms with van der Waals surface area (Å²) in [5.41, 5.74) is 0. The Morgan fingerprint density at radius 1 is 1.53 bits per heavy atom. The minimum atomic E-state index is -0.904. The molecule has 2 N–H and O–H groups in total. The zero-order valence-corrected chi connectivity index (χ0v) is 11.2. The maximum atomic E-state index is 11.7. The molecule has 0 fully saturated rings. The van der Waals surface area contributed by atoms with Gasteiger partial charge in [-0.15, -0.1) is 0 Å². The van der Waals surface area contributed by atoms with Crippen molar-refractivity contribution in [2.75, 3.05) is 20.1 Å². The SMILES string of the molecule is CC(CN(C)C(=O)NCCCn1cccn1)C(=O)O.